The molecular formula is C28H26N4O5S. The molecule has 0 aliphatic carbocycles. The lowest BCUT2D eigenvalue weighted by Gasteiger charge is -2.12. The van der Waals surface area contributed by atoms with Crippen molar-refractivity contribution in [1.29, 1.82) is 0 Å². The van der Waals surface area contributed by atoms with Crippen LogP contribution in [0.25, 0.3) is 16.1 Å². The minimum Gasteiger partial charge on any atom is -0.482 e. The van der Waals surface area contributed by atoms with E-state index in [-0.39, 0.29) is 19.0 Å². The first kappa shape index (κ1) is 25.3. The van der Waals surface area contributed by atoms with Crippen molar-refractivity contribution in [3.8, 4) is 21.9 Å². The van der Waals surface area contributed by atoms with Gasteiger partial charge in [-0.1, -0.05) is 36.4 Å². The Labute approximate surface area is 223 Å². The Morgan fingerprint density at radius 1 is 0.974 bits per heavy atom. The predicted octanol–water partition coefficient (Wildman–Crippen LogP) is 4.84. The Morgan fingerprint density at radius 2 is 1.61 bits per heavy atom. The fourth-order valence-corrected chi connectivity index (χ4v) is 5.69. The number of fused-ring (bicyclic) bond motifs is 3. The van der Waals surface area contributed by atoms with E-state index in [4.69, 9.17) is 19.6 Å². The summed E-state index contributed by atoms with van der Waals surface area (Å²) < 4.78 is 12.2. The quantitative estimate of drug-likeness (QED) is 0.340. The number of hydrogen-bond acceptors (Lipinski definition) is 8. The van der Waals surface area contributed by atoms with Crippen molar-refractivity contribution in [2.75, 3.05) is 13.7 Å². The van der Waals surface area contributed by atoms with E-state index < -0.39 is 12.0 Å². The molecule has 0 bridgehead atoms. The molecule has 9 nitrogen and oxygen atoms in total. The Balaban J connectivity index is 1.55. The van der Waals surface area contributed by atoms with Crippen LogP contribution in [0, 0.1) is 20.8 Å². The number of carbonyl (C=O) groups is 2. The third-order valence-corrected chi connectivity index (χ3v) is 7.73. The number of carboxylic acids is 1. The van der Waals surface area contributed by atoms with Crippen LogP contribution in [0.5, 0.6) is 5.75 Å². The number of carboxylic acid groups (broad SMARTS) is 1. The largest absolute Gasteiger partial charge is 0.482 e. The lowest BCUT2D eigenvalue weighted by Crippen LogP contribution is -2.12. The van der Waals surface area contributed by atoms with E-state index in [1.165, 1.54) is 12.0 Å². The number of esters is 1. The van der Waals surface area contributed by atoms with E-state index in [1.54, 1.807) is 23.5 Å². The van der Waals surface area contributed by atoms with Gasteiger partial charge >= 0.3 is 11.9 Å². The number of nitrogens with zero attached hydrogens (tertiary/aromatic N) is 4. The van der Waals surface area contributed by atoms with Crippen molar-refractivity contribution in [3.05, 3.63) is 81.7 Å². The van der Waals surface area contributed by atoms with Gasteiger partial charge in [0.05, 0.1) is 19.2 Å². The summed E-state index contributed by atoms with van der Waals surface area (Å²) in [6.45, 7) is 5.69. The van der Waals surface area contributed by atoms with E-state index in [1.807, 2.05) is 47.9 Å². The lowest BCUT2D eigenvalue weighted by atomic mass is 9.97. The van der Waals surface area contributed by atoms with Crippen LogP contribution in [0.2, 0.25) is 0 Å². The standard InChI is InChI=1S/C28H26N4O5S/c1-15-16(2)38-28-25(15)26(29-22(13-24(35)36-4)27-31-30-17(3)32(27)28)20-7-5-18(6-8-20)19-9-11-21(12-10-19)37-14-23(33)34/h5-12,22H,13-14H2,1-4H3,(H,33,34)/t22-/m0/s1. The molecule has 0 radical (unpaired) electrons. The number of ether oxygens (including phenoxy) is 2. The minimum atomic E-state index is -1.02. The second-order valence-electron chi connectivity index (χ2n) is 8.96. The highest BCUT2D eigenvalue weighted by atomic mass is 32.1. The number of carbonyl (C=O) groups excluding carboxylic acids is 1. The van der Waals surface area contributed by atoms with Gasteiger partial charge in [-0.15, -0.1) is 21.5 Å². The van der Waals surface area contributed by atoms with Gasteiger partial charge in [0.15, 0.2) is 12.4 Å². The third-order valence-electron chi connectivity index (χ3n) is 6.54. The minimum absolute atomic E-state index is 0.0550. The molecule has 0 fully saturated rings. The van der Waals surface area contributed by atoms with Gasteiger partial charge < -0.3 is 14.6 Å². The first-order valence-corrected chi connectivity index (χ1v) is 12.8. The first-order valence-electron chi connectivity index (χ1n) is 12.0. The van der Waals surface area contributed by atoms with Crippen LogP contribution >= 0.6 is 11.3 Å². The summed E-state index contributed by atoms with van der Waals surface area (Å²) in [6.07, 6.45) is 0.0550. The molecule has 5 rings (SSSR count). The molecule has 1 aliphatic rings. The summed E-state index contributed by atoms with van der Waals surface area (Å²) in [5.41, 5.74) is 5.81. The number of rotatable bonds is 7. The van der Waals surface area contributed by atoms with Gasteiger partial charge in [0.25, 0.3) is 0 Å². The maximum Gasteiger partial charge on any atom is 0.341 e. The molecule has 0 amide bonds. The van der Waals surface area contributed by atoms with E-state index >= 15 is 0 Å². The number of aliphatic carboxylic acids is 1. The zero-order chi connectivity index (χ0) is 27.0. The summed E-state index contributed by atoms with van der Waals surface area (Å²) in [7, 11) is 1.37. The van der Waals surface area contributed by atoms with Crippen molar-refractivity contribution >= 4 is 29.0 Å². The normalized spacial score (nSPS) is 14.2. The van der Waals surface area contributed by atoms with Crippen LogP contribution < -0.4 is 4.74 Å². The van der Waals surface area contributed by atoms with Gasteiger partial charge in [0.2, 0.25) is 0 Å². The lowest BCUT2D eigenvalue weighted by molar-refractivity contribution is -0.141. The molecule has 194 valence electrons. The molecule has 2 aromatic carbocycles. The van der Waals surface area contributed by atoms with Crippen molar-refractivity contribution in [3.63, 3.8) is 0 Å². The maximum atomic E-state index is 12.3. The average Bonchev–Trinajstić information content (AvgIpc) is 3.39. The van der Waals surface area contributed by atoms with E-state index in [2.05, 4.69) is 24.0 Å². The van der Waals surface area contributed by atoms with Gasteiger partial charge in [0, 0.05) is 16.0 Å². The molecule has 1 aliphatic heterocycles. The molecule has 0 spiro atoms. The van der Waals surface area contributed by atoms with Crippen molar-refractivity contribution in [1.82, 2.24) is 14.8 Å². The topological polar surface area (TPSA) is 116 Å². The summed E-state index contributed by atoms with van der Waals surface area (Å²) in [5, 5.41) is 18.5. The average molecular weight is 531 g/mol. The molecule has 1 atom stereocenters. The highest BCUT2D eigenvalue weighted by Gasteiger charge is 2.32. The zero-order valence-corrected chi connectivity index (χ0v) is 22.2. The van der Waals surface area contributed by atoms with Crippen LogP contribution in [-0.2, 0) is 14.3 Å². The van der Waals surface area contributed by atoms with Gasteiger partial charge in [-0.05, 0) is 49.6 Å². The third kappa shape index (κ3) is 4.70. The molecule has 1 N–H and O–H groups in total. The first-order chi connectivity index (χ1) is 18.3. The van der Waals surface area contributed by atoms with Crippen molar-refractivity contribution in [2.24, 2.45) is 4.99 Å². The maximum absolute atomic E-state index is 12.3. The highest BCUT2D eigenvalue weighted by molar-refractivity contribution is 7.15. The molecule has 38 heavy (non-hydrogen) atoms. The molecular weight excluding hydrogens is 504 g/mol. The van der Waals surface area contributed by atoms with Gasteiger partial charge in [-0.3, -0.25) is 14.4 Å². The molecule has 0 saturated heterocycles. The number of thiophene rings is 1. The Morgan fingerprint density at radius 3 is 2.24 bits per heavy atom. The van der Waals surface area contributed by atoms with Crippen LogP contribution in [0.15, 0.2) is 53.5 Å². The Hall–Kier alpha value is -4.31. The van der Waals surface area contributed by atoms with Crippen molar-refractivity contribution in [2.45, 2.75) is 33.2 Å². The Kier molecular flexibility index (Phi) is 6.81. The van der Waals surface area contributed by atoms with E-state index in [0.29, 0.717) is 11.6 Å². The number of aromatic nitrogens is 3. The second-order valence-corrected chi connectivity index (χ2v) is 10.2. The van der Waals surface area contributed by atoms with Crippen LogP contribution in [0.3, 0.4) is 0 Å². The van der Waals surface area contributed by atoms with Gasteiger partial charge in [0.1, 0.15) is 22.6 Å². The number of methoxy groups -OCH3 is 1. The van der Waals surface area contributed by atoms with Crippen LogP contribution in [-0.4, -0.2) is 51.2 Å². The number of aryl methyl sites for hydroxylation is 2. The molecule has 0 saturated carbocycles. The monoisotopic (exact) mass is 530 g/mol. The van der Waals surface area contributed by atoms with Gasteiger partial charge in [-0.25, -0.2) is 4.79 Å². The summed E-state index contributed by atoms with van der Waals surface area (Å²) in [6, 6.07) is 14.8. The molecule has 3 heterocycles. The molecule has 0 unspecified atom stereocenters. The zero-order valence-electron chi connectivity index (χ0n) is 21.4. The summed E-state index contributed by atoms with van der Waals surface area (Å²) >= 11 is 1.66. The van der Waals surface area contributed by atoms with Crippen molar-refractivity contribution < 1.29 is 24.2 Å². The van der Waals surface area contributed by atoms with Gasteiger partial charge in [-0.2, -0.15) is 0 Å². The van der Waals surface area contributed by atoms with E-state index in [9.17, 15) is 9.59 Å². The second kappa shape index (κ2) is 10.2. The van der Waals surface area contributed by atoms with Crippen LogP contribution in [0.4, 0.5) is 0 Å². The highest BCUT2D eigenvalue weighted by Crippen LogP contribution is 2.39. The van der Waals surface area contributed by atoms with E-state index in [0.717, 1.165) is 44.4 Å². The summed E-state index contributed by atoms with van der Waals surface area (Å²) in [5.74, 6) is 0.464. The summed E-state index contributed by atoms with van der Waals surface area (Å²) in [4.78, 5) is 29.3. The fraction of sp³-hybridized carbons (Fsp3) is 0.250. The smallest absolute Gasteiger partial charge is 0.341 e. The number of aliphatic imine (C=N–C) groups is 1. The molecule has 10 heteroatoms. The predicted molar refractivity (Wildman–Crippen MR) is 143 cm³/mol. The number of benzene rings is 2. The molecule has 4 aromatic rings. The Bertz CT molecular complexity index is 1550. The number of hydrogen-bond donors (Lipinski definition) is 1. The van der Waals surface area contributed by atoms with Crippen LogP contribution in [0.1, 0.15) is 45.7 Å². The SMILES string of the molecule is COC(=O)C[C@@H]1N=C(c2ccc(-c3ccc(OCC(=O)O)cc3)cc2)c2c(sc(C)c2C)-n2c(C)nnc21. The fourth-order valence-electron chi connectivity index (χ4n) is 4.48. The molecule has 2 aromatic heterocycles.